The lowest BCUT2D eigenvalue weighted by Crippen LogP contribution is -2.57. The molecule has 0 aliphatic carbocycles. The first-order valence-corrected chi connectivity index (χ1v) is 11.6. The molecule has 2 heterocycles. The Labute approximate surface area is 199 Å². The molecule has 1 saturated heterocycles. The van der Waals surface area contributed by atoms with Gasteiger partial charge in [-0.2, -0.15) is 0 Å². The van der Waals surface area contributed by atoms with Gasteiger partial charge in [-0.05, 0) is 55.0 Å². The van der Waals surface area contributed by atoms with Gasteiger partial charge in [0.25, 0.3) is 0 Å². The second-order valence-corrected chi connectivity index (χ2v) is 9.39. The largest absolute Gasteiger partial charge is 0.379 e. The van der Waals surface area contributed by atoms with Gasteiger partial charge in [0.2, 0.25) is 11.8 Å². The van der Waals surface area contributed by atoms with Crippen LogP contribution in [0.1, 0.15) is 25.0 Å². The summed E-state index contributed by atoms with van der Waals surface area (Å²) in [6.07, 6.45) is 4.28. The summed E-state index contributed by atoms with van der Waals surface area (Å²) in [5, 5.41) is 5.01. The molecule has 1 unspecified atom stereocenters. The van der Waals surface area contributed by atoms with Crippen LogP contribution in [0.25, 0.3) is 10.8 Å². The van der Waals surface area contributed by atoms with Crippen LogP contribution in [-0.2, 0) is 27.2 Å². The molecule has 2 amide bonds. The number of rotatable bonds is 6. The Kier molecular flexibility index (Phi) is 7.22. The number of benzene rings is 2. The van der Waals surface area contributed by atoms with Gasteiger partial charge >= 0.3 is 0 Å². The Balaban J connectivity index is 1.40. The summed E-state index contributed by atoms with van der Waals surface area (Å²) in [6.45, 7) is 5.38. The zero-order chi connectivity index (χ0) is 24.1. The quantitative estimate of drug-likeness (QED) is 0.607. The van der Waals surface area contributed by atoms with Crippen LogP contribution < -0.4 is 5.32 Å². The number of amides is 2. The molecule has 0 saturated carbocycles. The molecule has 0 spiro atoms. The molecule has 1 aliphatic rings. The molecule has 0 bridgehead atoms. The maximum Gasteiger partial charge on any atom is 0.247 e. The second-order valence-electron chi connectivity index (χ2n) is 9.39. The number of pyridine rings is 1. The number of carbonyl (C=O) groups excluding carboxylic acids is 2. The summed E-state index contributed by atoms with van der Waals surface area (Å²) < 4.78 is 19.7. The van der Waals surface area contributed by atoms with Gasteiger partial charge < -0.3 is 15.0 Å². The minimum absolute atomic E-state index is 0.119. The fraction of sp³-hybridized carbons (Fsp3) is 0.370. The second kappa shape index (κ2) is 10.3. The summed E-state index contributed by atoms with van der Waals surface area (Å²) in [4.78, 5) is 31.9. The number of hydrogen-bond donors (Lipinski definition) is 1. The van der Waals surface area contributed by atoms with Crippen LogP contribution in [-0.4, -0.2) is 53.5 Å². The van der Waals surface area contributed by atoms with Crippen LogP contribution in [0.15, 0.2) is 60.9 Å². The van der Waals surface area contributed by atoms with Gasteiger partial charge in [-0.15, -0.1) is 0 Å². The lowest BCUT2D eigenvalue weighted by molar-refractivity contribution is -0.140. The highest BCUT2D eigenvalue weighted by molar-refractivity contribution is 5.91. The van der Waals surface area contributed by atoms with Gasteiger partial charge in [0, 0.05) is 36.8 Å². The van der Waals surface area contributed by atoms with E-state index in [1.54, 1.807) is 43.1 Å². The normalized spacial score (nSPS) is 16.8. The summed E-state index contributed by atoms with van der Waals surface area (Å²) in [7, 11) is 0. The lowest BCUT2D eigenvalue weighted by Gasteiger charge is -2.33. The Morgan fingerprint density at radius 3 is 2.82 bits per heavy atom. The van der Waals surface area contributed by atoms with Gasteiger partial charge in [0.15, 0.2) is 0 Å². The molecule has 1 aromatic heterocycles. The molecule has 6 nitrogen and oxygen atoms in total. The van der Waals surface area contributed by atoms with E-state index < -0.39 is 17.3 Å². The fourth-order valence-corrected chi connectivity index (χ4v) is 4.44. The van der Waals surface area contributed by atoms with Gasteiger partial charge in [-0.1, -0.05) is 30.3 Å². The number of nitrogens with zero attached hydrogens (tertiary/aromatic N) is 2. The van der Waals surface area contributed by atoms with Crippen molar-refractivity contribution in [2.75, 3.05) is 26.3 Å². The molecule has 1 fully saturated rings. The van der Waals surface area contributed by atoms with Gasteiger partial charge in [-0.25, -0.2) is 4.39 Å². The monoisotopic (exact) mass is 463 g/mol. The average Bonchev–Trinajstić information content (AvgIpc) is 3.05. The zero-order valence-corrected chi connectivity index (χ0v) is 19.6. The van der Waals surface area contributed by atoms with E-state index in [1.807, 2.05) is 12.3 Å². The number of fused-ring (bicyclic) bond motifs is 1. The van der Waals surface area contributed by atoms with E-state index in [9.17, 15) is 14.0 Å². The molecule has 7 heteroatoms. The van der Waals surface area contributed by atoms with E-state index in [0.717, 1.165) is 17.2 Å². The standard InChI is InChI=1S/C27H30FN3O3/c1-27(2,30-25(32)15-22-5-3-4-6-24(22)28)26(33)31-11-12-34-18-20(17-31)13-19-7-8-21-9-10-29-16-23(21)14-19/h3-10,14,16,20H,11-13,15,17-18H2,1-2H3,(H,30,32). The first-order chi connectivity index (χ1) is 16.3. The molecule has 2 aromatic carbocycles. The van der Waals surface area contributed by atoms with E-state index in [4.69, 9.17) is 4.74 Å². The maximum absolute atomic E-state index is 13.9. The molecule has 3 aromatic rings. The summed E-state index contributed by atoms with van der Waals surface area (Å²) in [5.74, 6) is -0.868. The first kappa shape index (κ1) is 23.8. The summed E-state index contributed by atoms with van der Waals surface area (Å²) >= 11 is 0. The molecule has 34 heavy (non-hydrogen) atoms. The highest BCUT2D eigenvalue weighted by atomic mass is 19.1. The number of ether oxygens (including phenoxy) is 1. The van der Waals surface area contributed by atoms with E-state index >= 15 is 0 Å². The van der Waals surface area contributed by atoms with E-state index in [0.29, 0.717) is 31.9 Å². The van der Waals surface area contributed by atoms with Gasteiger partial charge in [0.05, 0.1) is 19.6 Å². The molecule has 4 rings (SSSR count). The van der Waals surface area contributed by atoms with Gasteiger partial charge in [-0.3, -0.25) is 14.6 Å². The van der Waals surface area contributed by atoms with Crippen LogP contribution in [0.5, 0.6) is 0 Å². The molecule has 1 atom stereocenters. The van der Waals surface area contributed by atoms with Gasteiger partial charge in [0.1, 0.15) is 11.4 Å². The Morgan fingerprint density at radius 1 is 1.18 bits per heavy atom. The van der Waals surface area contributed by atoms with Crippen molar-refractivity contribution in [3.63, 3.8) is 0 Å². The van der Waals surface area contributed by atoms with Crippen LogP contribution >= 0.6 is 0 Å². The molecular weight excluding hydrogens is 433 g/mol. The number of aromatic nitrogens is 1. The minimum Gasteiger partial charge on any atom is -0.379 e. The zero-order valence-electron chi connectivity index (χ0n) is 19.6. The lowest BCUT2D eigenvalue weighted by atomic mass is 9.96. The predicted molar refractivity (Wildman–Crippen MR) is 129 cm³/mol. The minimum atomic E-state index is -1.12. The molecule has 178 valence electrons. The van der Waals surface area contributed by atoms with Crippen molar-refractivity contribution in [3.05, 3.63) is 77.9 Å². The predicted octanol–water partition coefficient (Wildman–Crippen LogP) is 3.53. The Bertz CT molecular complexity index is 1180. The van der Waals surface area contributed by atoms with Crippen molar-refractivity contribution >= 4 is 22.6 Å². The van der Waals surface area contributed by atoms with Crippen molar-refractivity contribution in [2.45, 2.75) is 32.2 Å². The van der Waals surface area contributed by atoms with Crippen molar-refractivity contribution in [1.82, 2.24) is 15.2 Å². The van der Waals surface area contributed by atoms with Crippen molar-refractivity contribution in [3.8, 4) is 0 Å². The molecule has 0 radical (unpaired) electrons. The number of nitrogens with one attached hydrogen (secondary N) is 1. The Morgan fingerprint density at radius 2 is 2.00 bits per heavy atom. The molecule has 1 N–H and O–H groups in total. The van der Waals surface area contributed by atoms with E-state index in [-0.39, 0.29) is 18.2 Å². The smallest absolute Gasteiger partial charge is 0.247 e. The van der Waals surface area contributed by atoms with Crippen molar-refractivity contribution in [2.24, 2.45) is 5.92 Å². The van der Waals surface area contributed by atoms with E-state index in [1.165, 1.54) is 11.6 Å². The average molecular weight is 464 g/mol. The third kappa shape index (κ3) is 5.78. The van der Waals surface area contributed by atoms with Crippen LogP contribution in [0.3, 0.4) is 0 Å². The number of halogens is 1. The van der Waals surface area contributed by atoms with Crippen molar-refractivity contribution in [1.29, 1.82) is 0 Å². The van der Waals surface area contributed by atoms with Crippen LogP contribution in [0, 0.1) is 11.7 Å². The number of carbonyl (C=O) groups is 2. The highest BCUT2D eigenvalue weighted by Gasteiger charge is 2.35. The van der Waals surface area contributed by atoms with E-state index in [2.05, 4.69) is 28.5 Å². The summed E-state index contributed by atoms with van der Waals surface area (Å²) in [6, 6.07) is 14.5. The van der Waals surface area contributed by atoms with Crippen molar-refractivity contribution < 1.29 is 18.7 Å². The maximum atomic E-state index is 13.9. The summed E-state index contributed by atoms with van der Waals surface area (Å²) in [5.41, 5.74) is 0.351. The topological polar surface area (TPSA) is 71.5 Å². The molecular formula is C27H30FN3O3. The van der Waals surface area contributed by atoms with Crippen LogP contribution in [0.2, 0.25) is 0 Å². The Hall–Kier alpha value is -3.32. The fourth-order valence-electron chi connectivity index (χ4n) is 4.44. The van der Waals surface area contributed by atoms with Crippen LogP contribution in [0.4, 0.5) is 4.39 Å². The first-order valence-electron chi connectivity index (χ1n) is 11.6. The third-order valence-corrected chi connectivity index (χ3v) is 6.15. The third-order valence-electron chi connectivity index (χ3n) is 6.15. The molecule has 1 aliphatic heterocycles. The SMILES string of the molecule is CC(C)(NC(=O)Cc1ccccc1F)C(=O)N1CCOCC(Cc2ccc3ccncc3c2)C1. The number of hydrogen-bond acceptors (Lipinski definition) is 4. The highest BCUT2D eigenvalue weighted by Crippen LogP contribution is 2.21.